The fourth-order valence-electron chi connectivity index (χ4n) is 4.51. The summed E-state index contributed by atoms with van der Waals surface area (Å²) in [7, 11) is 0. The number of aryl methyl sites for hydroxylation is 1. The van der Waals surface area contributed by atoms with E-state index in [0.717, 1.165) is 36.8 Å². The topological polar surface area (TPSA) is 61.8 Å². The van der Waals surface area contributed by atoms with Crippen LogP contribution in [-0.4, -0.2) is 30.1 Å². The van der Waals surface area contributed by atoms with Crippen molar-refractivity contribution in [2.24, 2.45) is 4.99 Å². The van der Waals surface area contributed by atoms with Crippen molar-refractivity contribution in [3.63, 3.8) is 0 Å². The lowest BCUT2D eigenvalue weighted by atomic mass is 9.91. The molecule has 0 saturated carbocycles. The third kappa shape index (κ3) is 4.14. The molecule has 5 nitrogen and oxygen atoms in total. The largest absolute Gasteiger partial charge is 0.324 e. The van der Waals surface area contributed by atoms with Gasteiger partial charge in [-0.15, -0.1) is 11.3 Å². The van der Waals surface area contributed by atoms with Gasteiger partial charge in [0.15, 0.2) is 0 Å². The number of carbonyl (C=O) groups excluding carboxylic acids is 2. The summed E-state index contributed by atoms with van der Waals surface area (Å²) >= 11 is 1.54. The zero-order chi connectivity index (χ0) is 23.8. The Morgan fingerprint density at radius 2 is 1.68 bits per heavy atom. The number of hydrogen-bond donors (Lipinski definition) is 1. The molecule has 0 fully saturated rings. The van der Waals surface area contributed by atoms with Crippen LogP contribution in [0.3, 0.4) is 0 Å². The zero-order valence-corrected chi connectivity index (χ0v) is 19.4. The Labute approximate surface area is 200 Å². The minimum atomic E-state index is -0.806. The van der Waals surface area contributed by atoms with Gasteiger partial charge in [0.2, 0.25) is 11.8 Å². The first-order valence-electron chi connectivity index (χ1n) is 11.3. The highest BCUT2D eigenvalue weighted by Crippen LogP contribution is 2.43. The lowest BCUT2D eigenvalue weighted by Gasteiger charge is -2.27. The normalized spacial score (nSPS) is 16.3. The number of anilines is 2. The van der Waals surface area contributed by atoms with Gasteiger partial charge in [0.1, 0.15) is 29.2 Å². The molecular formula is C26H23F2N3O2S. The number of nitrogens with zero attached hydrogens (tertiary/aromatic N) is 2. The number of fused-ring (bicyclic) bond motifs is 3. The van der Waals surface area contributed by atoms with Crippen molar-refractivity contribution < 1.29 is 18.4 Å². The van der Waals surface area contributed by atoms with Crippen molar-refractivity contribution >= 4 is 39.6 Å². The Morgan fingerprint density at radius 1 is 1.03 bits per heavy atom. The lowest BCUT2D eigenvalue weighted by molar-refractivity contribution is -0.122. The van der Waals surface area contributed by atoms with E-state index in [9.17, 15) is 18.4 Å². The van der Waals surface area contributed by atoms with Crippen LogP contribution >= 0.6 is 11.3 Å². The fourth-order valence-corrected chi connectivity index (χ4v) is 6.00. The van der Waals surface area contributed by atoms with Crippen LogP contribution in [0.1, 0.15) is 41.3 Å². The summed E-state index contributed by atoms with van der Waals surface area (Å²) < 4.78 is 26.8. The third-order valence-electron chi connectivity index (χ3n) is 6.25. The number of nitrogens with one attached hydrogen (secondary N) is 1. The van der Waals surface area contributed by atoms with E-state index in [1.807, 2.05) is 0 Å². The van der Waals surface area contributed by atoms with E-state index in [0.29, 0.717) is 16.4 Å². The van der Waals surface area contributed by atoms with Crippen LogP contribution in [0.25, 0.3) is 0 Å². The number of carbonyl (C=O) groups is 2. The van der Waals surface area contributed by atoms with Crippen molar-refractivity contribution in [1.29, 1.82) is 0 Å². The minimum Gasteiger partial charge on any atom is -0.324 e. The lowest BCUT2D eigenvalue weighted by Crippen LogP contribution is -2.46. The Balaban J connectivity index is 1.56. The van der Waals surface area contributed by atoms with Gasteiger partial charge in [-0.2, -0.15) is 0 Å². The molecule has 5 rings (SSSR count). The standard InChI is InChI=1S/C26H23F2N3O2S/c1-15(25(33)30-19-12-10-18(28)11-13-19)31-22(32)14-29-24(16-6-8-17(27)9-7-16)23-20-4-2-3-5-21(20)34-26(23)31/h6-13,15H,2-5,14H2,1H3,(H,30,33)/t15-/m0/s1. The van der Waals surface area contributed by atoms with Gasteiger partial charge in [0.05, 0.1) is 5.71 Å². The van der Waals surface area contributed by atoms with Gasteiger partial charge in [-0.3, -0.25) is 19.5 Å². The number of thiophene rings is 1. The molecule has 0 bridgehead atoms. The molecular weight excluding hydrogens is 456 g/mol. The maximum atomic E-state index is 13.6. The number of rotatable bonds is 4. The van der Waals surface area contributed by atoms with Gasteiger partial charge in [-0.1, -0.05) is 0 Å². The molecule has 1 aromatic heterocycles. The maximum absolute atomic E-state index is 13.6. The molecule has 1 N–H and O–H groups in total. The van der Waals surface area contributed by atoms with E-state index in [1.165, 1.54) is 63.1 Å². The molecule has 8 heteroatoms. The summed E-state index contributed by atoms with van der Waals surface area (Å²) in [6.45, 7) is 1.57. The van der Waals surface area contributed by atoms with Gasteiger partial charge < -0.3 is 5.32 Å². The highest BCUT2D eigenvalue weighted by Gasteiger charge is 2.36. The van der Waals surface area contributed by atoms with Gasteiger partial charge in [0.25, 0.3) is 0 Å². The first kappa shape index (κ1) is 22.4. The van der Waals surface area contributed by atoms with Crippen molar-refractivity contribution in [1.82, 2.24) is 0 Å². The van der Waals surface area contributed by atoms with Gasteiger partial charge in [-0.25, -0.2) is 8.78 Å². The van der Waals surface area contributed by atoms with Crippen LogP contribution in [0.15, 0.2) is 53.5 Å². The third-order valence-corrected chi connectivity index (χ3v) is 7.54. The minimum absolute atomic E-state index is 0.114. The summed E-state index contributed by atoms with van der Waals surface area (Å²) in [5.74, 6) is -1.39. The van der Waals surface area contributed by atoms with Crippen molar-refractivity contribution in [2.75, 3.05) is 16.8 Å². The van der Waals surface area contributed by atoms with Crippen LogP contribution in [0.4, 0.5) is 19.5 Å². The molecule has 1 aliphatic carbocycles. The molecule has 0 radical (unpaired) electrons. The second-order valence-electron chi connectivity index (χ2n) is 8.50. The van der Waals surface area contributed by atoms with Crippen LogP contribution in [0.5, 0.6) is 0 Å². The molecule has 0 spiro atoms. The van der Waals surface area contributed by atoms with E-state index in [2.05, 4.69) is 10.3 Å². The molecule has 2 aromatic carbocycles. The highest BCUT2D eigenvalue weighted by atomic mass is 32.1. The molecule has 2 heterocycles. The second kappa shape index (κ2) is 9.10. The monoisotopic (exact) mass is 479 g/mol. The fraction of sp³-hybridized carbons (Fsp3) is 0.269. The van der Waals surface area contributed by atoms with E-state index in [-0.39, 0.29) is 24.2 Å². The average Bonchev–Trinajstić information content (AvgIpc) is 3.13. The smallest absolute Gasteiger partial charge is 0.250 e. The van der Waals surface area contributed by atoms with Crippen LogP contribution < -0.4 is 10.2 Å². The zero-order valence-electron chi connectivity index (χ0n) is 18.6. The van der Waals surface area contributed by atoms with Crippen molar-refractivity contribution in [3.05, 3.63) is 81.7 Å². The Hall–Kier alpha value is -3.39. The summed E-state index contributed by atoms with van der Waals surface area (Å²) in [5, 5.41) is 3.48. The quantitative estimate of drug-likeness (QED) is 0.565. The molecule has 1 atom stereocenters. The number of halogens is 2. The van der Waals surface area contributed by atoms with Crippen LogP contribution in [-0.2, 0) is 22.4 Å². The molecule has 1 aliphatic heterocycles. The molecule has 2 amide bonds. The number of hydrogen-bond acceptors (Lipinski definition) is 4. The van der Waals surface area contributed by atoms with E-state index >= 15 is 0 Å². The van der Waals surface area contributed by atoms with Crippen LogP contribution in [0, 0.1) is 11.6 Å². The first-order valence-corrected chi connectivity index (χ1v) is 12.1. The van der Waals surface area contributed by atoms with Gasteiger partial charge in [0, 0.05) is 21.7 Å². The number of aliphatic imine (C=N–C) groups is 1. The average molecular weight is 480 g/mol. The molecule has 0 saturated heterocycles. The van der Waals surface area contributed by atoms with Gasteiger partial charge in [-0.05, 0) is 86.7 Å². The summed E-state index contributed by atoms with van der Waals surface area (Å²) in [5.41, 5.74) is 3.90. The Bertz CT molecular complexity index is 1280. The van der Waals surface area contributed by atoms with E-state index in [4.69, 9.17) is 0 Å². The summed E-state index contributed by atoms with van der Waals surface area (Å²) in [6, 6.07) is 10.8. The van der Waals surface area contributed by atoms with E-state index < -0.39 is 11.9 Å². The predicted molar refractivity (Wildman–Crippen MR) is 130 cm³/mol. The Kier molecular flexibility index (Phi) is 6.00. The predicted octanol–water partition coefficient (Wildman–Crippen LogP) is 5.12. The maximum Gasteiger partial charge on any atom is 0.250 e. The molecule has 0 unspecified atom stereocenters. The van der Waals surface area contributed by atoms with Crippen molar-refractivity contribution in [2.45, 2.75) is 38.6 Å². The highest BCUT2D eigenvalue weighted by molar-refractivity contribution is 7.17. The molecule has 3 aromatic rings. The van der Waals surface area contributed by atoms with E-state index in [1.54, 1.807) is 19.1 Å². The first-order chi connectivity index (χ1) is 16.4. The van der Waals surface area contributed by atoms with Crippen molar-refractivity contribution in [3.8, 4) is 0 Å². The molecule has 2 aliphatic rings. The van der Waals surface area contributed by atoms with Gasteiger partial charge >= 0.3 is 0 Å². The molecule has 34 heavy (non-hydrogen) atoms. The SMILES string of the molecule is C[C@@H](C(=O)Nc1ccc(F)cc1)N1C(=O)CN=C(c2ccc(F)cc2)c2c1sc1c2CCCC1. The number of amides is 2. The summed E-state index contributed by atoms with van der Waals surface area (Å²) in [6.07, 6.45) is 3.91. The Morgan fingerprint density at radius 3 is 2.38 bits per heavy atom. The second-order valence-corrected chi connectivity index (χ2v) is 9.58. The molecule has 174 valence electrons. The van der Waals surface area contributed by atoms with Crippen LogP contribution in [0.2, 0.25) is 0 Å². The summed E-state index contributed by atoms with van der Waals surface area (Å²) in [4.78, 5) is 33.8. The number of benzene rings is 2.